The zero-order valence-electron chi connectivity index (χ0n) is 12.2. The molecule has 0 saturated carbocycles. The molecule has 6 nitrogen and oxygen atoms in total. The minimum Gasteiger partial charge on any atom is -0.481 e. The van der Waals surface area contributed by atoms with Gasteiger partial charge >= 0.3 is 5.97 Å². The number of amides is 1. The summed E-state index contributed by atoms with van der Waals surface area (Å²) >= 11 is 0. The Morgan fingerprint density at radius 1 is 1.50 bits per heavy atom. The van der Waals surface area contributed by atoms with E-state index in [4.69, 9.17) is 0 Å². The van der Waals surface area contributed by atoms with E-state index in [1.165, 1.54) is 0 Å². The van der Waals surface area contributed by atoms with Gasteiger partial charge in [-0.05, 0) is 32.3 Å². The van der Waals surface area contributed by atoms with E-state index in [9.17, 15) is 14.7 Å². The number of carbonyl (C=O) groups excluding carboxylic acids is 1. The second-order valence-corrected chi connectivity index (χ2v) is 5.69. The lowest BCUT2D eigenvalue weighted by Gasteiger charge is -2.37. The molecule has 1 aromatic heterocycles. The van der Waals surface area contributed by atoms with Crippen molar-refractivity contribution >= 4 is 11.9 Å². The summed E-state index contributed by atoms with van der Waals surface area (Å²) in [6.07, 6.45) is 2.10. The molecule has 1 fully saturated rings. The van der Waals surface area contributed by atoms with Crippen LogP contribution < -0.4 is 0 Å². The molecule has 0 spiro atoms. The number of aliphatic carboxylic acids is 1. The number of likely N-dealkylation sites (tertiary alicyclic amines) is 1. The molecule has 110 valence electrons. The van der Waals surface area contributed by atoms with Crippen LogP contribution in [0.3, 0.4) is 0 Å². The molecule has 1 aromatic rings. The van der Waals surface area contributed by atoms with Crippen molar-refractivity contribution in [2.45, 2.75) is 33.1 Å². The molecule has 2 rings (SSSR count). The van der Waals surface area contributed by atoms with Gasteiger partial charge in [0.15, 0.2) is 0 Å². The number of nitrogens with zero attached hydrogens (tertiary/aromatic N) is 3. The smallest absolute Gasteiger partial charge is 0.311 e. The third-order valence-corrected chi connectivity index (χ3v) is 4.01. The molecular weight excluding hydrogens is 258 g/mol. The molecule has 1 amide bonds. The van der Waals surface area contributed by atoms with E-state index in [-0.39, 0.29) is 12.5 Å². The summed E-state index contributed by atoms with van der Waals surface area (Å²) < 4.78 is 1.58. The molecule has 1 aliphatic rings. The van der Waals surface area contributed by atoms with Gasteiger partial charge < -0.3 is 10.0 Å². The maximum absolute atomic E-state index is 12.5. The van der Waals surface area contributed by atoms with Crippen molar-refractivity contribution < 1.29 is 14.7 Å². The van der Waals surface area contributed by atoms with Crippen LogP contribution in [0.5, 0.6) is 0 Å². The molecule has 1 N–H and O–H groups in total. The van der Waals surface area contributed by atoms with Crippen LogP contribution in [0.15, 0.2) is 6.07 Å². The van der Waals surface area contributed by atoms with Crippen molar-refractivity contribution in [3.05, 3.63) is 17.5 Å². The van der Waals surface area contributed by atoms with Crippen LogP contribution in [-0.4, -0.2) is 44.8 Å². The average Bonchev–Trinajstić information content (AvgIpc) is 2.79. The predicted molar refractivity (Wildman–Crippen MR) is 73.5 cm³/mol. The number of piperidine rings is 1. The van der Waals surface area contributed by atoms with Crippen molar-refractivity contribution in [1.82, 2.24) is 14.7 Å². The van der Waals surface area contributed by atoms with Crippen LogP contribution in [0.25, 0.3) is 0 Å². The number of hydrogen-bond acceptors (Lipinski definition) is 3. The Morgan fingerprint density at radius 2 is 2.20 bits per heavy atom. The minimum absolute atomic E-state index is 0.133. The summed E-state index contributed by atoms with van der Waals surface area (Å²) in [7, 11) is 1.74. The van der Waals surface area contributed by atoms with Gasteiger partial charge in [0.25, 0.3) is 5.91 Å². The first-order chi connectivity index (χ1) is 9.37. The van der Waals surface area contributed by atoms with E-state index in [1.54, 1.807) is 29.6 Å². The van der Waals surface area contributed by atoms with Gasteiger partial charge in [-0.1, -0.05) is 6.92 Å². The predicted octanol–water partition coefficient (Wildman–Crippen LogP) is 1.31. The molecule has 0 bridgehead atoms. The van der Waals surface area contributed by atoms with Gasteiger partial charge in [0.2, 0.25) is 0 Å². The number of hydrogen-bond donors (Lipinski definition) is 1. The molecular formula is C14H21N3O3. The topological polar surface area (TPSA) is 75.4 Å². The SMILES string of the molecule is CCc1cc(C(=O)N2CCCC(C)(C(=O)O)C2)n(C)n1. The molecule has 2 heterocycles. The summed E-state index contributed by atoms with van der Waals surface area (Å²) in [5, 5.41) is 13.6. The first-order valence-electron chi connectivity index (χ1n) is 6.93. The first-order valence-corrected chi connectivity index (χ1v) is 6.93. The Bertz CT molecular complexity index is 538. The Morgan fingerprint density at radius 3 is 2.75 bits per heavy atom. The highest BCUT2D eigenvalue weighted by atomic mass is 16.4. The van der Waals surface area contributed by atoms with Crippen molar-refractivity contribution in [3.63, 3.8) is 0 Å². The summed E-state index contributed by atoms with van der Waals surface area (Å²) in [5.74, 6) is -0.971. The van der Waals surface area contributed by atoms with Crippen molar-refractivity contribution in [3.8, 4) is 0 Å². The monoisotopic (exact) mass is 279 g/mol. The number of carbonyl (C=O) groups is 2. The Labute approximate surface area is 118 Å². The molecule has 1 saturated heterocycles. The van der Waals surface area contributed by atoms with Gasteiger partial charge in [0.1, 0.15) is 5.69 Å². The quantitative estimate of drug-likeness (QED) is 0.905. The highest BCUT2D eigenvalue weighted by molar-refractivity contribution is 5.93. The van der Waals surface area contributed by atoms with E-state index in [2.05, 4.69) is 5.10 Å². The number of carboxylic acids is 1. The summed E-state index contributed by atoms with van der Waals surface area (Å²) in [4.78, 5) is 25.5. The minimum atomic E-state index is -0.847. The first kappa shape index (κ1) is 14.6. The third kappa shape index (κ3) is 2.55. The lowest BCUT2D eigenvalue weighted by Crippen LogP contribution is -2.48. The highest BCUT2D eigenvalue weighted by Gasteiger charge is 2.39. The van der Waals surface area contributed by atoms with Crippen LogP contribution in [0.1, 0.15) is 42.9 Å². The van der Waals surface area contributed by atoms with E-state index in [0.717, 1.165) is 12.1 Å². The van der Waals surface area contributed by atoms with Crippen LogP contribution in [0.4, 0.5) is 0 Å². The maximum Gasteiger partial charge on any atom is 0.311 e. The summed E-state index contributed by atoms with van der Waals surface area (Å²) in [6, 6.07) is 1.79. The largest absolute Gasteiger partial charge is 0.481 e. The van der Waals surface area contributed by atoms with Crippen molar-refractivity contribution in [2.75, 3.05) is 13.1 Å². The molecule has 1 atom stereocenters. The van der Waals surface area contributed by atoms with E-state index in [1.807, 2.05) is 6.92 Å². The van der Waals surface area contributed by atoms with Crippen molar-refractivity contribution in [1.29, 1.82) is 0 Å². The van der Waals surface area contributed by atoms with Crippen LogP contribution >= 0.6 is 0 Å². The Kier molecular flexibility index (Phi) is 3.83. The van der Waals surface area contributed by atoms with Gasteiger partial charge in [-0.2, -0.15) is 5.10 Å². The number of aryl methyl sites for hydroxylation is 2. The molecule has 6 heteroatoms. The molecule has 0 aromatic carbocycles. The molecule has 1 unspecified atom stereocenters. The number of carboxylic acid groups (broad SMARTS) is 1. The van der Waals surface area contributed by atoms with Gasteiger partial charge in [0.05, 0.1) is 11.1 Å². The van der Waals surface area contributed by atoms with Gasteiger partial charge in [-0.25, -0.2) is 0 Å². The molecule has 1 aliphatic heterocycles. The zero-order chi connectivity index (χ0) is 14.9. The lowest BCUT2D eigenvalue weighted by atomic mass is 9.82. The fourth-order valence-corrected chi connectivity index (χ4v) is 2.65. The Balaban J connectivity index is 2.20. The second kappa shape index (κ2) is 5.26. The molecule has 0 aliphatic carbocycles. The third-order valence-electron chi connectivity index (χ3n) is 4.01. The van der Waals surface area contributed by atoms with Gasteiger partial charge in [-0.3, -0.25) is 14.3 Å². The number of aromatic nitrogens is 2. The van der Waals surface area contributed by atoms with Gasteiger partial charge in [-0.15, -0.1) is 0 Å². The van der Waals surface area contributed by atoms with Gasteiger partial charge in [0, 0.05) is 20.1 Å². The standard InChI is InChI=1S/C14H21N3O3/c1-4-10-8-11(16(3)15-10)12(18)17-7-5-6-14(2,9-17)13(19)20/h8H,4-7,9H2,1-3H3,(H,19,20). The highest BCUT2D eigenvalue weighted by Crippen LogP contribution is 2.30. The zero-order valence-corrected chi connectivity index (χ0v) is 12.2. The normalized spacial score (nSPS) is 22.9. The average molecular weight is 279 g/mol. The van der Waals surface area contributed by atoms with Crippen LogP contribution in [0, 0.1) is 5.41 Å². The molecule has 20 heavy (non-hydrogen) atoms. The maximum atomic E-state index is 12.5. The summed E-state index contributed by atoms with van der Waals surface area (Å²) in [6.45, 7) is 4.55. The molecule has 0 radical (unpaired) electrons. The fraction of sp³-hybridized carbons (Fsp3) is 0.643. The Hall–Kier alpha value is -1.85. The van der Waals surface area contributed by atoms with E-state index >= 15 is 0 Å². The van der Waals surface area contributed by atoms with E-state index < -0.39 is 11.4 Å². The van der Waals surface area contributed by atoms with Crippen molar-refractivity contribution in [2.24, 2.45) is 12.5 Å². The van der Waals surface area contributed by atoms with Crippen LogP contribution in [-0.2, 0) is 18.3 Å². The summed E-state index contributed by atoms with van der Waals surface area (Å²) in [5.41, 5.74) is 0.547. The van der Waals surface area contributed by atoms with E-state index in [0.29, 0.717) is 25.1 Å². The fourth-order valence-electron chi connectivity index (χ4n) is 2.65. The second-order valence-electron chi connectivity index (χ2n) is 5.69. The number of rotatable bonds is 3. The van der Waals surface area contributed by atoms with Crippen LogP contribution in [0.2, 0.25) is 0 Å². The lowest BCUT2D eigenvalue weighted by molar-refractivity contribution is -0.150.